The van der Waals surface area contributed by atoms with Crippen molar-refractivity contribution in [1.29, 1.82) is 0 Å². The Bertz CT molecular complexity index is 1770. The minimum atomic E-state index is -1.61. The highest BCUT2D eigenvalue weighted by Crippen LogP contribution is 2.62. The smallest absolute Gasteiger partial charge is 0.185 e. The van der Waals surface area contributed by atoms with E-state index in [1.54, 1.807) is 68.8 Å². The molecule has 0 bridgehead atoms. The van der Waals surface area contributed by atoms with E-state index in [0.717, 1.165) is 16.8 Å². The molecule has 2 aliphatic heterocycles. The fourth-order valence-electron chi connectivity index (χ4n) is 7.27. The number of nitrogens with zero attached hydrogens (tertiary/aromatic N) is 1. The normalized spacial score (nSPS) is 21.2. The number of ketones is 3. The summed E-state index contributed by atoms with van der Waals surface area (Å²) in [6, 6.07) is 25.9. The third kappa shape index (κ3) is 3.41. The Balaban J connectivity index is 1.59. The fraction of sp³-hybridized carbons (Fsp3) is 0.194. The molecule has 0 aromatic heterocycles. The molecule has 0 radical (unpaired) electrons. The van der Waals surface area contributed by atoms with E-state index < -0.39 is 23.4 Å². The predicted molar refractivity (Wildman–Crippen MR) is 161 cm³/mol. The number of carbonyl (C=O) groups excluding carboxylic acids is 3. The van der Waals surface area contributed by atoms with Gasteiger partial charge in [-0.3, -0.25) is 14.4 Å². The van der Waals surface area contributed by atoms with Gasteiger partial charge in [0, 0.05) is 33.9 Å². The van der Waals surface area contributed by atoms with E-state index in [9.17, 15) is 14.4 Å². The third-order valence-corrected chi connectivity index (χ3v) is 9.06. The molecule has 1 aliphatic carbocycles. The standard InChI is InChI=1S/C36H29NO5/c1-21-13-14-22-15-18-30-36(34(39)25-11-7-8-12-26(25)35(36)40)31(27-20-24(41-2)16-17-29(27)42-3)32(37(30)28(22)19-21)33(38)23-9-5-4-6-10-23/h4-20,30-32H,1-3H3/t30?,31-,32+/m0/s1. The van der Waals surface area contributed by atoms with E-state index in [2.05, 4.69) is 0 Å². The Hall–Kier alpha value is -4.97. The van der Waals surface area contributed by atoms with Gasteiger partial charge in [0.2, 0.25) is 0 Å². The van der Waals surface area contributed by atoms with Crippen molar-refractivity contribution in [2.24, 2.45) is 5.41 Å². The van der Waals surface area contributed by atoms with Crippen molar-refractivity contribution in [3.05, 3.63) is 130 Å². The number of Topliss-reactive ketones (excluding diaryl/α,β-unsaturated/α-hetero) is 3. The highest BCUT2D eigenvalue weighted by Gasteiger charge is 2.72. The lowest BCUT2D eigenvalue weighted by atomic mass is 9.64. The molecular weight excluding hydrogens is 526 g/mol. The van der Waals surface area contributed by atoms with Crippen molar-refractivity contribution >= 4 is 29.1 Å². The minimum absolute atomic E-state index is 0.174. The monoisotopic (exact) mass is 555 g/mol. The molecule has 4 aromatic carbocycles. The maximum Gasteiger partial charge on any atom is 0.185 e. The third-order valence-electron chi connectivity index (χ3n) is 9.06. The van der Waals surface area contributed by atoms with Gasteiger partial charge in [-0.2, -0.15) is 0 Å². The molecule has 42 heavy (non-hydrogen) atoms. The molecule has 1 saturated heterocycles. The lowest BCUT2D eigenvalue weighted by Gasteiger charge is -2.37. The molecule has 1 unspecified atom stereocenters. The number of aryl methyl sites for hydroxylation is 1. The van der Waals surface area contributed by atoms with Gasteiger partial charge in [-0.1, -0.05) is 78.9 Å². The highest BCUT2D eigenvalue weighted by molar-refractivity contribution is 6.32. The number of methoxy groups -OCH3 is 2. The van der Waals surface area contributed by atoms with Crippen LogP contribution in [-0.4, -0.2) is 43.7 Å². The maximum atomic E-state index is 14.8. The van der Waals surface area contributed by atoms with Gasteiger partial charge in [0.15, 0.2) is 17.3 Å². The van der Waals surface area contributed by atoms with Crippen LogP contribution in [0.25, 0.3) is 6.08 Å². The molecule has 3 aliphatic rings. The summed E-state index contributed by atoms with van der Waals surface area (Å²) in [7, 11) is 3.12. The van der Waals surface area contributed by atoms with Crippen LogP contribution in [0.1, 0.15) is 53.7 Å². The first kappa shape index (κ1) is 26.0. The van der Waals surface area contributed by atoms with Gasteiger partial charge in [0.25, 0.3) is 0 Å². The van der Waals surface area contributed by atoms with Crippen molar-refractivity contribution in [3.63, 3.8) is 0 Å². The number of fused-ring (bicyclic) bond motifs is 5. The van der Waals surface area contributed by atoms with Crippen LogP contribution in [-0.2, 0) is 0 Å². The predicted octanol–water partition coefficient (Wildman–Crippen LogP) is 6.33. The first-order chi connectivity index (χ1) is 20.4. The van der Waals surface area contributed by atoms with Gasteiger partial charge in [0.1, 0.15) is 23.0 Å². The van der Waals surface area contributed by atoms with E-state index in [0.29, 0.717) is 33.8 Å². The molecule has 208 valence electrons. The Labute approximate surface area is 244 Å². The van der Waals surface area contributed by atoms with Crippen molar-refractivity contribution in [3.8, 4) is 11.5 Å². The van der Waals surface area contributed by atoms with Crippen LogP contribution >= 0.6 is 0 Å². The number of hydrogen-bond acceptors (Lipinski definition) is 6. The highest BCUT2D eigenvalue weighted by atomic mass is 16.5. The molecule has 6 nitrogen and oxygen atoms in total. The van der Waals surface area contributed by atoms with Crippen LogP contribution in [0.5, 0.6) is 11.5 Å². The molecule has 7 rings (SSSR count). The van der Waals surface area contributed by atoms with Crippen molar-refractivity contribution in [2.75, 3.05) is 19.1 Å². The lowest BCUT2D eigenvalue weighted by molar-refractivity contribution is 0.0664. The first-order valence-electron chi connectivity index (χ1n) is 14.0. The number of benzene rings is 4. The van der Waals surface area contributed by atoms with Crippen LogP contribution < -0.4 is 14.4 Å². The summed E-state index contributed by atoms with van der Waals surface area (Å²) < 4.78 is 11.5. The van der Waals surface area contributed by atoms with Gasteiger partial charge >= 0.3 is 0 Å². The topological polar surface area (TPSA) is 72.9 Å². The summed E-state index contributed by atoms with van der Waals surface area (Å²) in [6.45, 7) is 2.00. The molecular formula is C36H29NO5. The fourth-order valence-corrected chi connectivity index (χ4v) is 7.27. The SMILES string of the molecule is COc1ccc(OC)c([C@H]2[C@H](C(=O)c3ccccc3)N3c4cc(C)ccc4C=CC3C23C(=O)c2ccccc2C3=O)c1. The van der Waals surface area contributed by atoms with Crippen molar-refractivity contribution < 1.29 is 23.9 Å². The van der Waals surface area contributed by atoms with Gasteiger partial charge in [-0.25, -0.2) is 0 Å². The van der Waals surface area contributed by atoms with E-state index in [-0.39, 0.29) is 17.3 Å². The van der Waals surface area contributed by atoms with Crippen LogP contribution in [0.4, 0.5) is 5.69 Å². The lowest BCUT2D eigenvalue weighted by Crippen LogP contribution is -2.48. The number of hydrogen-bond donors (Lipinski definition) is 0. The van der Waals surface area contributed by atoms with Gasteiger partial charge in [-0.05, 0) is 42.3 Å². The van der Waals surface area contributed by atoms with Crippen molar-refractivity contribution in [2.45, 2.75) is 24.9 Å². The Morgan fingerprint density at radius 2 is 1.50 bits per heavy atom. The summed E-state index contributed by atoms with van der Waals surface area (Å²) in [5.41, 5.74) is 2.98. The second kappa shape index (κ2) is 9.55. The van der Waals surface area contributed by atoms with Crippen LogP contribution in [0, 0.1) is 12.3 Å². The second-order valence-electron chi connectivity index (χ2n) is 11.1. The molecule has 4 aromatic rings. The summed E-state index contributed by atoms with van der Waals surface area (Å²) in [5.74, 6) is -0.598. The van der Waals surface area contributed by atoms with E-state index in [4.69, 9.17) is 9.47 Å². The van der Waals surface area contributed by atoms with Crippen molar-refractivity contribution in [1.82, 2.24) is 0 Å². The number of anilines is 1. The van der Waals surface area contributed by atoms with Crippen LogP contribution in [0.3, 0.4) is 0 Å². The molecule has 1 spiro atoms. The average Bonchev–Trinajstić information content (AvgIpc) is 3.46. The number of rotatable bonds is 5. The Morgan fingerprint density at radius 1 is 0.810 bits per heavy atom. The van der Waals surface area contributed by atoms with Gasteiger partial charge in [0.05, 0.1) is 20.3 Å². The molecule has 6 heteroatoms. The zero-order valence-electron chi connectivity index (χ0n) is 23.5. The largest absolute Gasteiger partial charge is 0.497 e. The quantitative estimate of drug-likeness (QED) is 0.212. The number of carbonyl (C=O) groups is 3. The van der Waals surface area contributed by atoms with Gasteiger partial charge in [-0.15, -0.1) is 0 Å². The first-order valence-corrected chi connectivity index (χ1v) is 14.0. The Kier molecular flexibility index (Phi) is 5.91. The molecule has 2 heterocycles. The summed E-state index contributed by atoms with van der Waals surface area (Å²) in [5, 5.41) is 0. The molecule has 1 fully saturated rings. The minimum Gasteiger partial charge on any atom is -0.497 e. The maximum absolute atomic E-state index is 14.8. The number of ether oxygens (including phenoxy) is 2. The second-order valence-corrected chi connectivity index (χ2v) is 11.1. The van der Waals surface area contributed by atoms with E-state index >= 15 is 0 Å². The van der Waals surface area contributed by atoms with E-state index in [1.807, 2.05) is 60.4 Å². The zero-order chi connectivity index (χ0) is 29.2. The summed E-state index contributed by atoms with van der Waals surface area (Å²) in [6.07, 6.45) is 3.90. The molecule has 3 atom stereocenters. The summed E-state index contributed by atoms with van der Waals surface area (Å²) in [4.78, 5) is 46.5. The van der Waals surface area contributed by atoms with Crippen LogP contribution in [0.15, 0.2) is 97.1 Å². The molecule has 0 amide bonds. The molecule has 0 saturated carbocycles. The van der Waals surface area contributed by atoms with Crippen LogP contribution in [0.2, 0.25) is 0 Å². The Morgan fingerprint density at radius 3 is 2.17 bits per heavy atom. The van der Waals surface area contributed by atoms with Gasteiger partial charge < -0.3 is 14.4 Å². The van der Waals surface area contributed by atoms with E-state index in [1.165, 1.54) is 0 Å². The zero-order valence-corrected chi connectivity index (χ0v) is 23.5. The average molecular weight is 556 g/mol. The summed E-state index contributed by atoms with van der Waals surface area (Å²) >= 11 is 0. The molecule has 0 N–H and O–H groups in total.